The molecule has 0 radical (unpaired) electrons. The van der Waals surface area contributed by atoms with Crippen molar-refractivity contribution in [3.05, 3.63) is 0 Å². The van der Waals surface area contributed by atoms with Crippen molar-refractivity contribution < 1.29 is 14.6 Å². The molecular formula is C13H24N2O3. The van der Waals surface area contributed by atoms with E-state index in [-0.39, 0.29) is 12.0 Å². The lowest BCUT2D eigenvalue weighted by Crippen LogP contribution is -2.39. The molecule has 1 N–H and O–H groups in total. The third-order valence-electron chi connectivity index (χ3n) is 4.28. The summed E-state index contributed by atoms with van der Waals surface area (Å²) in [5, 5.41) is 9.70. The quantitative estimate of drug-likeness (QED) is 0.722. The molecule has 0 amide bonds. The van der Waals surface area contributed by atoms with Crippen LogP contribution in [0.3, 0.4) is 0 Å². The largest absolute Gasteiger partial charge is 0.468 e. The first-order valence-corrected chi connectivity index (χ1v) is 6.82. The molecule has 0 spiro atoms. The predicted molar refractivity (Wildman–Crippen MR) is 68.3 cm³/mol. The Morgan fingerprint density at radius 2 is 2.28 bits per heavy atom. The Bertz CT molecular complexity index is 298. The van der Waals surface area contributed by atoms with E-state index in [2.05, 4.69) is 16.8 Å². The van der Waals surface area contributed by atoms with E-state index in [1.165, 1.54) is 26.5 Å². The highest BCUT2D eigenvalue weighted by Crippen LogP contribution is 2.23. The molecule has 18 heavy (non-hydrogen) atoms. The van der Waals surface area contributed by atoms with Crippen molar-refractivity contribution in [1.82, 2.24) is 9.80 Å². The van der Waals surface area contributed by atoms with Gasteiger partial charge in [-0.15, -0.1) is 0 Å². The number of hydrogen-bond donors (Lipinski definition) is 1. The zero-order valence-electron chi connectivity index (χ0n) is 11.3. The lowest BCUT2D eigenvalue weighted by molar-refractivity contribution is -0.145. The molecule has 2 rings (SSSR count). The highest BCUT2D eigenvalue weighted by molar-refractivity contribution is 5.76. The van der Waals surface area contributed by atoms with Gasteiger partial charge in [0.15, 0.2) is 0 Å². The number of nitrogens with zero attached hydrogens (tertiary/aromatic N) is 2. The Morgan fingerprint density at radius 3 is 2.89 bits per heavy atom. The van der Waals surface area contributed by atoms with Gasteiger partial charge in [-0.05, 0) is 32.9 Å². The van der Waals surface area contributed by atoms with Gasteiger partial charge in [0.2, 0.25) is 0 Å². The Morgan fingerprint density at radius 1 is 1.50 bits per heavy atom. The number of methoxy groups -OCH3 is 1. The summed E-state index contributed by atoms with van der Waals surface area (Å²) in [6.45, 7) is 2.63. The lowest BCUT2D eigenvalue weighted by atomic mass is 10.1. The fourth-order valence-electron chi connectivity index (χ4n) is 3.17. The molecule has 2 aliphatic heterocycles. The average molecular weight is 256 g/mol. The van der Waals surface area contributed by atoms with Crippen molar-refractivity contribution >= 4 is 5.97 Å². The summed E-state index contributed by atoms with van der Waals surface area (Å²) in [5.74, 6) is -0.216. The van der Waals surface area contributed by atoms with Crippen LogP contribution in [0.15, 0.2) is 0 Å². The van der Waals surface area contributed by atoms with E-state index >= 15 is 0 Å². The van der Waals surface area contributed by atoms with Crippen LogP contribution in [0, 0.1) is 0 Å². The molecule has 0 aromatic heterocycles. The number of aliphatic hydroxyl groups excluding tert-OH is 1. The first-order valence-electron chi connectivity index (χ1n) is 6.82. The first kappa shape index (κ1) is 13.8. The van der Waals surface area contributed by atoms with Crippen molar-refractivity contribution in [2.45, 2.75) is 43.9 Å². The summed E-state index contributed by atoms with van der Waals surface area (Å²) in [5.41, 5.74) is 0. The van der Waals surface area contributed by atoms with E-state index in [0.29, 0.717) is 19.0 Å². The van der Waals surface area contributed by atoms with Crippen LogP contribution in [-0.4, -0.2) is 72.9 Å². The summed E-state index contributed by atoms with van der Waals surface area (Å²) in [6.07, 6.45) is 3.69. The molecule has 0 bridgehead atoms. The van der Waals surface area contributed by atoms with Gasteiger partial charge >= 0.3 is 5.97 Å². The van der Waals surface area contributed by atoms with E-state index in [4.69, 9.17) is 4.74 Å². The van der Waals surface area contributed by atoms with Gasteiger partial charge in [-0.2, -0.15) is 0 Å². The molecule has 2 heterocycles. The van der Waals surface area contributed by atoms with Crippen LogP contribution in [0.2, 0.25) is 0 Å². The van der Waals surface area contributed by atoms with Gasteiger partial charge in [0.25, 0.3) is 0 Å². The number of aliphatic hydroxyl groups is 1. The smallest absolute Gasteiger partial charge is 0.323 e. The van der Waals surface area contributed by atoms with Gasteiger partial charge in [0.05, 0.1) is 13.2 Å². The average Bonchev–Trinajstić information content (AvgIpc) is 2.92. The normalized spacial score (nSPS) is 34.1. The van der Waals surface area contributed by atoms with Crippen molar-refractivity contribution in [3.63, 3.8) is 0 Å². The molecule has 2 saturated heterocycles. The number of hydrogen-bond acceptors (Lipinski definition) is 5. The van der Waals surface area contributed by atoms with E-state index < -0.39 is 6.10 Å². The maximum absolute atomic E-state index is 11.6. The fraction of sp³-hybridized carbons (Fsp3) is 0.923. The Kier molecular flexibility index (Phi) is 4.59. The fourth-order valence-corrected chi connectivity index (χ4v) is 3.17. The molecule has 5 heteroatoms. The van der Waals surface area contributed by atoms with Crippen LogP contribution < -0.4 is 0 Å². The minimum Gasteiger partial charge on any atom is -0.468 e. The molecule has 2 aliphatic rings. The molecule has 0 aromatic rings. The standard InChI is InChI=1S/C13H24N2O3/c1-14-6-3-4-10(14)5-7-15-9-11(16)8-12(15)13(17)18-2/h10-12,16H,3-9H2,1-2H3/t10-,11-,12+/m1/s1. The molecule has 5 nitrogen and oxygen atoms in total. The second-order valence-electron chi connectivity index (χ2n) is 5.49. The van der Waals surface area contributed by atoms with Gasteiger partial charge in [0, 0.05) is 25.6 Å². The number of carbonyl (C=O) groups excluding carboxylic acids is 1. The molecular weight excluding hydrogens is 232 g/mol. The van der Waals surface area contributed by atoms with E-state index in [1.807, 2.05) is 0 Å². The molecule has 0 saturated carbocycles. The molecule has 0 aliphatic carbocycles. The number of esters is 1. The van der Waals surface area contributed by atoms with Gasteiger partial charge in [0.1, 0.15) is 6.04 Å². The Hall–Kier alpha value is -0.650. The van der Waals surface area contributed by atoms with Crippen LogP contribution in [-0.2, 0) is 9.53 Å². The topological polar surface area (TPSA) is 53.0 Å². The highest BCUT2D eigenvalue weighted by atomic mass is 16.5. The second-order valence-corrected chi connectivity index (χ2v) is 5.49. The number of β-amino-alcohol motifs (C(OH)–C–C–N with tert-alkyl or cyclic N) is 1. The molecule has 0 unspecified atom stereocenters. The summed E-state index contributed by atoms with van der Waals surface area (Å²) in [7, 11) is 3.57. The molecule has 104 valence electrons. The minimum absolute atomic E-state index is 0.216. The van der Waals surface area contributed by atoms with Crippen LogP contribution in [0.25, 0.3) is 0 Å². The van der Waals surface area contributed by atoms with Gasteiger partial charge < -0.3 is 14.7 Å². The summed E-state index contributed by atoms with van der Waals surface area (Å²) >= 11 is 0. The van der Waals surface area contributed by atoms with Crippen LogP contribution >= 0.6 is 0 Å². The Labute approximate surface area is 109 Å². The van der Waals surface area contributed by atoms with E-state index in [9.17, 15) is 9.90 Å². The van der Waals surface area contributed by atoms with Crippen LogP contribution in [0.1, 0.15) is 25.7 Å². The summed E-state index contributed by atoms with van der Waals surface area (Å²) in [4.78, 5) is 16.1. The summed E-state index contributed by atoms with van der Waals surface area (Å²) in [6, 6.07) is 0.373. The van der Waals surface area contributed by atoms with Gasteiger partial charge in [-0.1, -0.05) is 0 Å². The summed E-state index contributed by atoms with van der Waals surface area (Å²) < 4.78 is 4.80. The second kappa shape index (κ2) is 5.99. The van der Waals surface area contributed by atoms with Crippen LogP contribution in [0.5, 0.6) is 0 Å². The number of likely N-dealkylation sites (tertiary alicyclic amines) is 2. The minimum atomic E-state index is -0.393. The highest BCUT2D eigenvalue weighted by Gasteiger charge is 2.37. The number of ether oxygens (including phenoxy) is 1. The molecule has 0 aromatic carbocycles. The maximum atomic E-state index is 11.6. The van der Waals surface area contributed by atoms with Crippen molar-refractivity contribution in [2.24, 2.45) is 0 Å². The molecule has 2 fully saturated rings. The zero-order valence-corrected chi connectivity index (χ0v) is 11.3. The predicted octanol–water partition coefficient (Wildman–Crippen LogP) is 0.0789. The third kappa shape index (κ3) is 3.02. The maximum Gasteiger partial charge on any atom is 0.323 e. The van der Waals surface area contributed by atoms with Gasteiger partial charge in [-0.3, -0.25) is 9.69 Å². The number of carbonyl (C=O) groups is 1. The van der Waals surface area contributed by atoms with Crippen LogP contribution in [0.4, 0.5) is 0 Å². The lowest BCUT2D eigenvalue weighted by Gasteiger charge is -2.26. The van der Waals surface area contributed by atoms with Crippen molar-refractivity contribution in [1.29, 1.82) is 0 Å². The number of rotatable bonds is 4. The van der Waals surface area contributed by atoms with Crippen molar-refractivity contribution in [2.75, 3.05) is 33.8 Å². The SMILES string of the molecule is COC(=O)[C@@H]1C[C@@H](O)CN1CC[C@H]1CCCN1C. The first-order chi connectivity index (χ1) is 8.61. The van der Waals surface area contributed by atoms with E-state index in [1.54, 1.807) is 0 Å². The Balaban J connectivity index is 1.85. The monoisotopic (exact) mass is 256 g/mol. The zero-order chi connectivity index (χ0) is 13.1. The molecule has 3 atom stereocenters. The van der Waals surface area contributed by atoms with E-state index in [0.717, 1.165) is 13.0 Å². The van der Waals surface area contributed by atoms with Crippen molar-refractivity contribution in [3.8, 4) is 0 Å². The van der Waals surface area contributed by atoms with Gasteiger partial charge in [-0.25, -0.2) is 0 Å². The third-order valence-corrected chi connectivity index (χ3v) is 4.28.